The van der Waals surface area contributed by atoms with Gasteiger partial charge in [0.05, 0.1) is 22.6 Å². The number of rotatable bonds is 9. The van der Waals surface area contributed by atoms with Crippen molar-refractivity contribution in [2.45, 2.75) is 24.1 Å². The first-order valence-electron chi connectivity index (χ1n) is 11.5. The number of nitrogens with one attached hydrogen (secondary N) is 1. The van der Waals surface area contributed by atoms with Crippen LogP contribution < -0.4 is 19.9 Å². The molecule has 1 N–H and O–H groups in total. The summed E-state index contributed by atoms with van der Waals surface area (Å²) < 4.78 is 9.44. The van der Waals surface area contributed by atoms with Gasteiger partial charge in [0, 0.05) is 37.6 Å². The van der Waals surface area contributed by atoms with Crippen molar-refractivity contribution in [1.29, 1.82) is 5.26 Å². The predicted molar refractivity (Wildman–Crippen MR) is 143 cm³/mol. The summed E-state index contributed by atoms with van der Waals surface area (Å²) >= 11 is 3.26. The number of hydrogen-bond acceptors (Lipinski definition) is 10. The van der Waals surface area contributed by atoms with Gasteiger partial charge in [-0.15, -0.1) is 16.4 Å². The minimum Gasteiger partial charge on any atom is -0.474 e. The number of nitrogens with zero attached hydrogens (tertiary/aromatic N) is 6. The van der Waals surface area contributed by atoms with E-state index in [0.29, 0.717) is 23.1 Å². The van der Waals surface area contributed by atoms with Crippen molar-refractivity contribution in [1.82, 2.24) is 25.1 Å². The smallest absolute Gasteiger partial charge is 0.263 e. The Morgan fingerprint density at radius 2 is 2.14 bits per heavy atom. The fourth-order valence-corrected chi connectivity index (χ4v) is 5.71. The van der Waals surface area contributed by atoms with Gasteiger partial charge in [0.15, 0.2) is 5.13 Å². The minimum absolute atomic E-state index is 0.00175. The lowest BCUT2D eigenvalue weighted by atomic mass is 10.1. The van der Waals surface area contributed by atoms with Crippen molar-refractivity contribution in [3.05, 3.63) is 75.1 Å². The molecule has 3 aromatic heterocycles. The maximum atomic E-state index is 13.1. The third-order valence-electron chi connectivity index (χ3n) is 6.07. The highest BCUT2D eigenvalue weighted by Crippen LogP contribution is 2.50. The van der Waals surface area contributed by atoms with Gasteiger partial charge >= 0.3 is 0 Å². The molecule has 0 spiro atoms. The number of aryl methyl sites for hydroxylation is 1. The van der Waals surface area contributed by atoms with E-state index in [1.807, 2.05) is 16.7 Å². The second kappa shape index (κ2) is 10.2. The van der Waals surface area contributed by atoms with E-state index in [0.717, 1.165) is 23.5 Å². The predicted octanol–water partition coefficient (Wildman–Crippen LogP) is 3.28. The van der Waals surface area contributed by atoms with Crippen LogP contribution in [0.4, 0.5) is 5.13 Å². The number of anilines is 1. The summed E-state index contributed by atoms with van der Waals surface area (Å²) in [6.45, 7) is 0.631. The van der Waals surface area contributed by atoms with Gasteiger partial charge in [0.2, 0.25) is 0 Å². The van der Waals surface area contributed by atoms with Crippen molar-refractivity contribution >= 4 is 45.2 Å². The molecule has 3 heterocycles. The van der Waals surface area contributed by atoms with Crippen molar-refractivity contribution in [2.24, 2.45) is 7.05 Å². The van der Waals surface area contributed by atoms with Crippen LogP contribution in [-0.4, -0.2) is 44.1 Å². The van der Waals surface area contributed by atoms with E-state index in [2.05, 4.69) is 26.6 Å². The standard InChI is InChI=1S/C25H23N7O3S2/c1-31-20-18(11-19(23(31)34)21(33)28-13-17-5-3-16(12-26)4-6-17)14-29-30-22(20)35-15-25(7-8-25)37-32(2)24-27-9-10-36-24/h3-6,9-11,14H,7-8,13,15H2,1-2H3,(H,28,33). The third-order valence-corrected chi connectivity index (χ3v) is 8.39. The summed E-state index contributed by atoms with van der Waals surface area (Å²) in [5.74, 6) is -0.241. The number of ether oxygens (including phenoxy) is 1. The molecule has 0 unspecified atom stereocenters. The molecule has 0 saturated heterocycles. The maximum absolute atomic E-state index is 13.1. The number of hydrogen-bond donors (Lipinski definition) is 1. The lowest BCUT2D eigenvalue weighted by Gasteiger charge is -2.22. The molecule has 1 aliphatic rings. The first kappa shape index (κ1) is 24.7. The molecule has 1 amide bonds. The van der Waals surface area contributed by atoms with Crippen LogP contribution in [0.5, 0.6) is 5.88 Å². The van der Waals surface area contributed by atoms with Crippen LogP contribution in [0.15, 0.2) is 52.9 Å². The lowest BCUT2D eigenvalue weighted by Crippen LogP contribution is -2.32. The number of amides is 1. The zero-order chi connectivity index (χ0) is 26.0. The monoisotopic (exact) mass is 533 g/mol. The van der Waals surface area contributed by atoms with Crippen LogP contribution in [0.2, 0.25) is 0 Å². The Morgan fingerprint density at radius 3 is 2.81 bits per heavy atom. The fraction of sp³-hybridized carbons (Fsp3) is 0.280. The van der Waals surface area contributed by atoms with E-state index in [4.69, 9.17) is 10.00 Å². The highest BCUT2D eigenvalue weighted by Gasteiger charge is 2.46. The summed E-state index contributed by atoms with van der Waals surface area (Å²) in [6.07, 6.45) is 5.28. The fourth-order valence-electron chi connectivity index (χ4n) is 3.85. The summed E-state index contributed by atoms with van der Waals surface area (Å²) in [5.41, 5.74) is 1.38. The molecule has 0 radical (unpaired) electrons. The Bertz CT molecular complexity index is 1540. The molecule has 12 heteroatoms. The van der Waals surface area contributed by atoms with E-state index < -0.39 is 11.5 Å². The zero-order valence-electron chi connectivity index (χ0n) is 20.2. The molecule has 5 rings (SSSR count). The van der Waals surface area contributed by atoms with Crippen LogP contribution in [0.3, 0.4) is 0 Å². The summed E-state index contributed by atoms with van der Waals surface area (Å²) in [5, 5.41) is 23.3. The van der Waals surface area contributed by atoms with Gasteiger partial charge in [-0.1, -0.05) is 12.1 Å². The van der Waals surface area contributed by atoms with Crippen LogP contribution in [0.25, 0.3) is 10.9 Å². The Balaban J connectivity index is 1.31. The van der Waals surface area contributed by atoms with Crippen LogP contribution >= 0.6 is 23.3 Å². The topological polar surface area (TPSA) is 126 Å². The Labute approximate surface area is 221 Å². The van der Waals surface area contributed by atoms with Crippen LogP contribution in [0.1, 0.15) is 34.3 Å². The average Bonchev–Trinajstić information content (AvgIpc) is 3.44. The molecule has 0 atom stereocenters. The second-order valence-electron chi connectivity index (χ2n) is 8.74. The number of nitriles is 1. The molecule has 1 aromatic carbocycles. The molecule has 10 nitrogen and oxygen atoms in total. The summed E-state index contributed by atoms with van der Waals surface area (Å²) in [7, 11) is 3.58. The van der Waals surface area contributed by atoms with Gasteiger partial charge in [-0.25, -0.2) is 4.98 Å². The maximum Gasteiger partial charge on any atom is 0.263 e. The molecule has 1 aliphatic carbocycles. The SMILES string of the molecule is CN(SC1(COc2nncc3cc(C(=O)NCc4ccc(C#N)cc4)c(=O)n(C)c23)CC1)c1nccs1. The Morgan fingerprint density at radius 1 is 1.35 bits per heavy atom. The van der Waals surface area contributed by atoms with Gasteiger partial charge in [-0.2, -0.15) is 10.4 Å². The van der Waals surface area contributed by atoms with E-state index in [1.165, 1.54) is 16.8 Å². The summed E-state index contributed by atoms with van der Waals surface area (Å²) in [4.78, 5) is 30.3. The third kappa shape index (κ3) is 5.28. The molecule has 188 valence electrons. The van der Waals surface area contributed by atoms with Crippen LogP contribution in [-0.2, 0) is 13.6 Å². The minimum atomic E-state index is -0.496. The van der Waals surface area contributed by atoms with Crippen LogP contribution in [0, 0.1) is 11.3 Å². The molecule has 1 fully saturated rings. The molecule has 0 aliphatic heterocycles. The molecule has 4 aromatic rings. The second-order valence-corrected chi connectivity index (χ2v) is 11.2. The van der Waals surface area contributed by atoms with Crippen molar-refractivity contribution in [3.8, 4) is 11.9 Å². The molecular weight excluding hydrogens is 510 g/mol. The average molecular weight is 534 g/mol. The first-order chi connectivity index (χ1) is 17.9. The zero-order valence-corrected chi connectivity index (χ0v) is 21.8. The Kier molecular flexibility index (Phi) is 6.82. The van der Waals surface area contributed by atoms with E-state index in [1.54, 1.807) is 60.8 Å². The summed E-state index contributed by atoms with van der Waals surface area (Å²) in [6, 6.07) is 10.5. The number of pyridine rings is 1. The van der Waals surface area contributed by atoms with Gasteiger partial charge < -0.3 is 14.6 Å². The normalized spacial score (nSPS) is 13.6. The van der Waals surface area contributed by atoms with Gasteiger partial charge in [-0.3, -0.25) is 13.9 Å². The first-order valence-corrected chi connectivity index (χ1v) is 13.1. The van der Waals surface area contributed by atoms with Gasteiger partial charge in [-0.05, 0) is 48.6 Å². The molecule has 0 bridgehead atoms. The van der Waals surface area contributed by atoms with Crippen molar-refractivity contribution < 1.29 is 9.53 Å². The van der Waals surface area contributed by atoms with E-state index in [9.17, 15) is 9.59 Å². The Hall–Kier alpha value is -3.95. The highest BCUT2D eigenvalue weighted by atomic mass is 32.2. The van der Waals surface area contributed by atoms with Gasteiger partial charge in [0.1, 0.15) is 17.7 Å². The van der Waals surface area contributed by atoms with Gasteiger partial charge in [0.25, 0.3) is 17.3 Å². The number of carbonyl (C=O) groups is 1. The number of thiazole rings is 1. The number of aromatic nitrogens is 4. The van der Waals surface area contributed by atoms with E-state index >= 15 is 0 Å². The lowest BCUT2D eigenvalue weighted by molar-refractivity contribution is 0.0949. The molecule has 37 heavy (non-hydrogen) atoms. The molecular formula is C25H23N7O3S2. The highest BCUT2D eigenvalue weighted by molar-refractivity contribution is 8.02. The molecule has 1 saturated carbocycles. The van der Waals surface area contributed by atoms with Crippen molar-refractivity contribution in [2.75, 3.05) is 18.0 Å². The number of carbonyl (C=O) groups excluding carboxylic acids is 1. The van der Waals surface area contributed by atoms with Crippen molar-refractivity contribution in [3.63, 3.8) is 0 Å². The van der Waals surface area contributed by atoms with E-state index in [-0.39, 0.29) is 22.7 Å². The quantitative estimate of drug-likeness (QED) is 0.323. The number of fused-ring (bicyclic) bond motifs is 1. The number of benzene rings is 1. The largest absolute Gasteiger partial charge is 0.474 e.